The van der Waals surface area contributed by atoms with Crippen LogP contribution < -0.4 is 0 Å². The third-order valence-corrected chi connectivity index (χ3v) is 3.17. The van der Waals surface area contributed by atoms with Crippen LogP contribution in [0.2, 0.25) is 0 Å². The number of aromatic amines is 1. The van der Waals surface area contributed by atoms with Crippen LogP contribution in [0.25, 0.3) is 0 Å². The van der Waals surface area contributed by atoms with Gasteiger partial charge in [0.05, 0.1) is 11.1 Å². The molecule has 9 heteroatoms. The van der Waals surface area contributed by atoms with Gasteiger partial charge in [0, 0.05) is 0 Å². The molecule has 1 N–H and O–H groups in total. The van der Waals surface area contributed by atoms with Crippen molar-refractivity contribution in [2.24, 2.45) is 0 Å². The molecule has 0 amide bonds. The van der Waals surface area contributed by atoms with Gasteiger partial charge in [0.15, 0.2) is 4.34 Å². The Morgan fingerprint density at radius 3 is 3.00 bits per heavy atom. The molecule has 0 radical (unpaired) electrons. The molecule has 2 aromatic rings. The monoisotopic (exact) mass is 229 g/mol. The lowest BCUT2D eigenvalue weighted by Gasteiger charge is -1.85. The highest BCUT2D eigenvalue weighted by Gasteiger charge is 2.12. The topological polar surface area (TPSA) is 97.6 Å². The maximum absolute atomic E-state index is 10.3. The summed E-state index contributed by atoms with van der Waals surface area (Å²) >= 11 is 2.24. The van der Waals surface area contributed by atoms with E-state index >= 15 is 0 Å². The van der Waals surface area contributed by atoms with Crippen LogP contribution in [0.15, 0.2) is 21.8 Å². The number of nitrogens with zero attached hydrogens (tertiary/aromatic N) is 4. The minimum absolute atomic E-state index is 0.0241. The summed E-state index contributed by atoms with van der Waals surface area (Å²) in [7, 11) is 0. The number of thiazole rings is 1. The lowest BCUT2D eigenvalue weighted by molar-refractivity contribution is -0.380. The van der Waals surface area contributed by atoms with E-state index in [9.17, 15) is 10.1 Å². The Kier molecular flexibility index (Phi) is 2.41. The number of nitro groups is 1. The second kappa shape index (κ2) is 3.72. The summed E-state index contributed by atoms with van der Waals surface area (Å²) < 4.78 is 0.575. The number of H-pyrrole nitrogens is 1. The minimum Gasteiger partial charge on any atom is -0.257 e. The standard InChI is InChI=1S/C5H3N5O2S2/c11-10(12)4-2-6-5(14-4)13-3-1-7-9-8-3/h1-2H,(H,7,8,9). The highest BCUT2D eigenvalue weighted by atomic mass is 32.2. The highest BCUT2D eigenvalue weighted by Crippen LogP contribution is 2.32. The summed E-state index contributed by atoms with van der Waals surface area (Å²) in [6.45, 7) is 0. The highest BCUT2D eigenvalue weighted by molar-refractivity contribution is 8.01. The van der Waals surface area contributed by atoms with Gasteiger partial charge in [-0.3, -0.25) is 10.1 Å². The van der Waals surface area contributed by atoms with Crippen LogP contribution in [0.3, 0.4) is 0 Å². The lowest BCUT2D eigenvalue weighted by Crippen LogP contribution is -1.80. The SMILES string of the molecule is O=[N+]([O-])c1cnc(Sc2cn[nH]n2)s1. The summed E-state index contributed by atoms with van der Waals surface area (Å²) in [5, 5.41) is 20.8. The predicted molar refractivity (Wildman–Crippen MR) is 49.3 cm³/mol. The van der Waals surface area contributed by atoms with Gasteiger partial charge in [-0.15, -0.1) is 5.10 Å². The molecule has 0 aromatic carbocycles. The maximum atomic E-state index is 10.3. The summed E-state index contributed by atoms with van der Waals surface area (Å²) in [6, 6.07) is 0. The molecule has 0 saturated carbocycles. The Morgan fingerprint density at radius 2 is 2.43 bits per heavy atom. The molecule has 0 unspecified atom stereocenters. The van der Waals surface area contributed by atoms with E-state index in [2.05, 4.69) is 20.4 Å². The summed E-state index contributed by atoms with van der Waals surface area (Å²) in [6.07, 6.45) is 2.75. The average molecular weight is 229 g/mol. The number of hydrogen-bond donors (Lipinski definition) is 1. The van der Waals surface area contributed by atoms with Crippen molar-refractivity contribution in [2.45, 2.75) is 9.37 Å². The van der Waals surface area contributed by atoms with Crippen molar-refractivity contribution in [3.63, 3.8) is 0 Å². The summed E-state index contributed by atoms with van der Waals surface area (Å²) in [5.74, 6) is 0. The van der Waals surface area contributed by atoms with E-state index in [1.807, 2.05) is 0 Å². The van der Waals surface area contributed by atoms with Crippen molar-refractivity contribution in [1.29, 1.82) is 0 Å². The van der Waals surface area contributed by atoms with Gasteiger partial charge in [-0.1, -0.05) is 0 Å². The molecule has 72 valence electrons. The first kappa shape index (κ1) is 9.09. The van der Waals surface area contributed by atoms with Crippen molar-refractivity contribution in [3.05, 3.63) is 22.5 Å². The van der Waals surface area contributed by atoms with Crippen LogP contribution in [0.4, 0.5) is 5.00 Å². The molecule has 0 aliphatic rings. The van der Waals surface area contributed by atoms with Crippen LogP contribution >= 0.6 is 23.1 Å². The predicted octanol–water partition coefficient (Wildman–Crippen LogP) is 1.32. The van der Waals surface area contributed by atoms with Gasteiger partial charge in [0.2, 0.25) is 0 Å². The van der Waals surface area contributed by atoms with Gasteiger partial charge in [-0.05, 0) is 23.1 Å². The van der Waals surface area contributed by atoms with E-state index in [0.29, 0.717) is 9.37 Å². The third-order valence-electron chi connectivity index (χ3n) is 1.24. The Hall–Kier alpha value is -1.48. The average Bonchev–Trinajstić information content (AvgIpc) is 2.75. The minimum atomic E-state index is -0.468. The van der Waals surface area contributed by atoms with Crippen molar-refractivity contribution in [2.75, 3.05) is 0 Å². The quantitative estimate of drug-likeness (QED) is 0.629. The van der Waals surface area contributed by atoms with E-state index < -0.39 is 4.92 Å². The van der Waals surface area contributed by atoms with Crippen LogP contribution in [0.1, 0.15) is 0 Å². The molecular formula is C5H3N5O2S2. The zero-order valence-electron chi connectivity index (χ0n) is 6.58. The smallest absolute Gasteiger partial charge is 0.257 e. The van der Waals surface area contributed by atoms with Crippen molar-refractivity contribution < 1.29 is 4.92 Å². The summed E-state index contributed by atoms with van der Waals surface area (Å²) in [4.78, 5) is 13.8. The molecular weight excluding hydrogens is 226 g/mol. The van der Waals surface area contributed by atoms with Gasteiger partial charge in [-0.25, -0.2) is 4.98 Å². The lowest BCUT2D eigenvalue weighted by atomic mass is 10.9. The molecule has 2 heterocycles. The third kappa shape index (κ3) is 1.88. The first-order valence-corrected chi connectivity index (χ1v) is 5.03. The van der Waals surface area contributed by atoms with E-state index in [1.54, 1.807) is 0 Å². The molecule has 7 nitrogen and oxygen atoms in total. The molecule has 0 bridgehead atoms. The number of nitrogens with one attached hydrogen (secondary N) is 1. The van der Waals surface area contributed by atoms with Crippen LogP contribution in [-0.2, 0) is 0 Å². The fourth-order valence-electron chi connectivity index (χ4n) is 0.711. The molecule has 2 aromatic heterocycles. The maximum Gasteiger partial charge on any atom is 0.344 e. The molecule has 0 atom stereocenters. The molecule has 14 heavy (non-hydrogen) atoms. The van der Waals surface area contributed by atoms with Crippen LogP contribution in [0.5, 0.6) is 0 Å². The molecule has 0 aliphatic heterocycles. The fourth-order valence-corrected chi connectivity index (χ4v) is 2.33. The largest absolute Gasteiger partial charge is 0.344 e. The van der Waals surface area contributed by atoms with E-state index in [4.69, 9.17) is 0 Å². The van der Waals surface area contributed by atoms with Gasteiger partial charge < -0.3 is 0 Å². The Morgan fingerprint density at radius 1 is 1.57 bits per heavy atom. The number of rotatable bonds is 3. The molecule has 0 fully saturated rings. The Balaban J connectivity index is 2.14. The molecule has 0 saturated heterocycles. The van der Waals surface area contributed by atoms with E-state index in [1.165, 1.54) is 24.2 Å². The Labute approximate surface area is 85.7 Å². The molecule has 0 spiro atoms. The van der Waals surface area contributed by atoms with Crippen LogP contribution in [0, 0.1) is 10.1 Å². The van der Waals surface area contributed by atoms with Crippen LogP contribution in [-0.4, -0.2) is 25.3 Å². The Bertz CT molecular complexity index is 439. The van der Waals surface area contributed by atoms with Gasteiger partial charge in [0.25, 0.3) is 0 Å². The van der Waals surface area contributed by atoms with Gasteiger partial charge >= 0.3 is 5.00 Å². The van der Waals surface area contributed by atoms with Crippen molar-refractivity contribution >= 4 is 28.1 Å². The first-order valence-electron chi connectivity index (χ1n) is 3.39. The second-order valence-electron chi connectivity index (χ2n) is 2.13. The van der Waals surface area contributed by atoms with Crippen molar-refractivity contribution in [1.82, 2.24) is 20.4 Å². The zero-order chi connectivity index (χ0) is 9.97. The molecule has 0 aliphatic carbocycles. The van der Waals surface area contributed by atoms with Crippen molar-refractivity contribution in [3.8, 4) is 0 Å². The first-order chi connectivity index (χ1) is 6.75. The normalized spacial score (nSPS) is 10.3. The molecule has 2 rings (SSSR count). The number of hydrogen-bond acceptors (Lipinski definition) is 7. The zero-order valence-corrected chi connectivity index (χ0v) is 8.21. The summed E-state index contributed by atoms with van der Waals surface area (Å²) in [5.41, 5.74) is 0. The van der Waals surface area contributed by atoms with Gasteiger partial charge in [0.1, 0.15) is 11.2 Å². The van der Waals surface area contributed by atoms with E-state index in [0.717, 1.165) is 11.3 Å². The van der Waals surface area contributed by atoms with E-state index in [-0.39, 0.29) is 5.00 Å². The second-order valence-corrected chi connectivity index (χ2v) is 4.41. The number of aromatic nitrogens is 4. The van der Waals surface area contributed by atoms with Gasteiger partial charge in [-0.2, -0.15) is 10.3 Å². The fraction of sp³-hybridized carbons (Fsp3) is 0.